The molecule has 0 spiro atoms. The maximum atomic E-state index is 12.7. The summed E-state index contributed by atoms with van der Waals surface area (Å²) in [6, 6.07) is 10.5. The van der Waals surface area contributed by atoms with Crippen LogP contribution < -0.4 is 5.32 Å². The first-order valence-corrected chi connectivity index (χ1v) is 10.1. The molecule has 5 rings (SSSR count). The second kappa shape index (κ2) is 7.22. The fraction of sp³-hybridized carbons (Fsp3) is 0.429. The topological polar surface area (TPSA) is 88.5 Å². The van der Waals surface area contributed by atoms with Crippen LogP contribution in [-0.2, 0) is 32.2 Å². The Balaban J connectivity index is 1.26. The number of aromatic amines is 1. The predicted octanol–water partition coefficient (Wildman–Crippen LogP) is 2.22. The average molecular weight is 376 g/mol. The molecule has 3 heterocycles. The van der Waals surface area contributed by atoms with Gasteiger partial charge in [0.2, 0.25) is 0 Å². The molecule has 7 nitrogen and oxygen atoms in total. The van der Waals surface area contributed by atoms with Gasteiger partial charge in [-0.3, -0.25) is 9.89 Å². The number of carbonyl (C=O) groups is 1. The smallest absolute Gasteiger partial charge is 0.272 e. The molecule has 0 bridgehead atoms. The van der Waals surface area contributed by atoms with Crippen molar-refractivity contribution < 1.29 is 4.79 Å². The molecule has 0 saturated heterocycles. The third-order valence-electron chi connectivity index (χ3n) is 5.88. The van der Waals surface area contributed by atoms with E-state index in [4.69, 9.17) is 0 Å². The van der Waals surface area contributed by atoms with E-state index in [0.29, 0.717) is 5.69 Å². The molecule has 2 aliphatic rings. The Bertz CT molecular complexity index is 990. The fourth-order valence-corrected chi connectivity index (χ4v) is 4.36. The van der Waals surface area contributed by atoms with Gasteiger partial charge >= 0.3 is 0 Å². The van der Waals surface area contributed by atoms with E-state index in [1.54, 1.807) is 0 Å². The molecule has 1 atom stereocenters. The molecule has 7 heteroatoms. The maximum absolute atomic E-state index is 12.7. The highest BCUT2D eigenvalue weighted by atomic mass is 16.2. The highest BCUT2D eigenvalue weighted by Gasteiger charge is 2.26. The Kier molecular flexibility index (Phi) is 4.43. The van der Waals surface area contributed by atoms with Gasteiger partial charge in [0.1, 0.15) is 11.6 Å². The summed E-state index contributed by atoms with van der Waals surface area (Å²) in [6.07, 6.45) is 6.41. The Morgan fingerprint density at radius 2 is 2.04 bits per heavy atom. The summed E-state index contributed by atoms with van der Waals surface area (Å²) in [6.45, 7) is 0.827. The lowest BCUT2D eigenvalue weighted by molar-refractivity contribution is 0.0927. The average Bonchev–Trinajstić information content (AvgIpc) is 3.38. The van der Waals surface area contributed by atoms with Gasteiger partial charge < -0.3 is 9.88 Å². The number of aromatic nitrogens is 5. The third kappa shape index (κ3) is 3.21. The first kappa shape index (κ1) is 17.2. The Morgan fingerprint density at radius 1 is 1.14 bits per heavy atom. The Morgan fingerprint density at radius 3 is 2.93 bits per heavy atom. The summed E-state index contributed by atoms with van der Waals surface area (Å²) in [5, 5.41) is 19.3. The standard InChI is InChI=1S/C21H24N6O/c28-21(20-16-7-4-8-17(16)23-26-20)22-15-9-10-18-24-25-19(27(18)12-11-15)13-14-5-2-1-3-6-14/h1-3,5-6,15H,4,7-13H2,(H,22,28)(H,23,26). The minimum absolute atomic E-state index is 0.0495. The summed E-state index contributed by atoms with van der Waals surface area (Å²) in [5.74, 6) is 1.97. The number of nitrogens with zero attached hydrogens (tertiary/aromatic N) is 4. The van der Waals surface area contributed by atoms with Gasteiger partial charge in [-0.25, -0.2) is 0 Å². The van der Waals surface area contributed by atoms with Gasteiger partial charge in [-0.05, 0) is 37.7 Å². The molecule has 1 aliphatic carbocycles. The zero-order valence-corrected chi connectivity index (χ0v) is 15.8. The molecule has 1 aromatic carbocycles. The monoisotopic (exact) mass is 376 g/mol. The van der Waals surface area contributed by atoms with E-state index in [2.05, 4.69) is 42.4 Å². The summed E-state index contributed by atoms with van der Waals surface area (Å²) < 4.78 is 2.23. The second-order valence-corrected chi connectivity index (χ2v) is 7.73. The molecule has 0 fully saturated rings. The Hall–Kier alpha value is -2.96. The van der Waals surface area contributed by atoms with Crippen molar-refractivity contribution in [2.24, 2.45) is 0 Å². The molecular formula is C21H24N6O. The van der Waals surface area contributed by atoms with Crippen LogP contribution in [0, 0.1) is 0 Å². The highest BCUT2D eigenvalue weighted by molar-refractivity contribution is 5.94. The number of H-pyrrole nitrogens is 1. The van der Waals surface area contributed by atoms with E-state index in [0.717, 1.165) is 74.4 Å². The summed E-state index contributed by atoms with van der Waals surface area (Å²) in [4.78, 5) is 12.7. The number of hydrogen-bond acceptors (Lipinski definition) is 4. The van der Waals surface area contributed by atoms with Crippen LogP contribution in [0.1, 0.15) is 58.2 Å². The molecule has 0 radical (unpaired) electrons. The van der Waals surface area contributed by atoms with Crippen LogP contribution >= 0.6 is 0 Å². The molecule has 144 valence electrons. The van der Waals surface area contributed by atoms with Gasteiger partial charge in [0.25, 0.3) is 5.91 Å². The minimum atomic E-state index is -0.0495. The van der Waals surface area contributed by atoms with Crippen molar-refractivity contribution >= 4 is 5.91 Å². The summed E-state index contributed by atoms with van der Waals surface area (Å²) in [5.41, 5.74) is 4.05. The summed E-state index contributed by atoms with van der Waals surface area (Å²) >= 11 is 0. The van der Waals surface area contributed by atoms with Crippen LogP contribution in [-0.4, -0.2) is 36.9 Å². The Labute approximate surface area is 163 Å². The van der Waals surface area contributed by atoms with E-state index < -0.39 is 0 Å². The van der Waals surface area contributed by atoms with Gasteiger partial charge in [-0.1, -0.05) is 30.3 Å². The lowest BCUT2D eigenvalue weighted by atomic mass is 10.1. The van der Waals surface area contributed by atoms with E-state index in [1.165, 1.54) is 5.56 Å². The first-order chi connectivity index (χ1) is 13.8. The van der Waals surface area contributed by atoms with Crippen LogP contribution in [0.4, 0.5) is 0 Å². The SMILES string of the molecule is O=C(NC1CCc2nnc(Cc3ccccc3)n2CC1)c1n[nH]c2c1CCC2. The van der Waals surface area contributed by atoms with Crippen molar-refractivity contribution in [2.45, 2.75) is 57.5 Å². The number of aryl methyl sites for hydroxylation is 2. The van der Waals surface area contributed by atoms with Crippen LogP contribution in [0.15, 0.2) is 30.3 Å². The fourth-order valence-electron chi connectivity index (χ4n) is 4.36. The van der Waals surface area contributed by atoms with Gasteiger partial charge in [0.05, 0.1) is 0 Å². The zero-order valence-electron chi connectivity index (χ0n) is 15.8. The normalized spacial score (nSPS) is 18.4. The van der Waals surface area contributed by atoms with Crippen molar-refractivity contribution in [1.29, 1.82) is 0 Å². The van der Waals surface area contributed by atoms with Crippen LogP contribution in [0.5, 0.6) is 0 Å². The van der Waals surface area contributed by atoms with Crippen LogP contribution in [0.2, 0.25) is 0 Å². The van der Waals surface area contributed by atoms with Crippen molar-refractivity contribution in [3.05, 3.63) is 64.5 Å². The molecule has 0 saturated carbocycles. The van der Waals surface area contributed by atoms with Gasteiger partial charge in [-0.15, -0.1) is 10.2 Å². The van der Waals surface area contributed by atoms with Crippen molar-refractivity contribution in [3.63, 3.8) is 0 Å². The van der Waals surface area contributed by atoms with Crippen molar-refractivity contribution in [3.8, 4) is 0 Å². The molecular weight excluding hydrogens is 352 g/mol. The highest BCUT2D eigenvalue weighted by Crippen LogP contribution is 2.23. The van der Waals surface area contributed by atoms with Gasteiger partial charge in [0.15, 0.2) is 5.69 Å². The van der Waals surface area contributed by atoms with E-state index >= 15 is 0 Å². The minimum Gasteiger partial charge on any atom is -0.348 e. The number of rotatable bonds is 4. The predicted molar refractivity (Wildman–Crippen MR) is 104 cm³/mol. The molecule has 2 N–H and O–H groups in total. The lowest BCUT2D eigenvalue weighted by Crippen LogP contribution is -2.36. The maximum Gasteiger partial charge on any atom is 0.272 e. The number of benzene rings is 1. The molecule has 28 heavy (non-hydrogen) atoms. The molecule has 1 unspecified atom stereocenters. The van der Waals surface area contributed by atoms with Gasteiger partial charge in [-0.2, -0.15) is 5.10 Å². The number of hydrogen-bond donors (Lipinski definition) is 2. The summed E-state index contributed by atoms with van der Waals surface area (Å²) in [7, 11) is 0. The van der Waals surface area contributed by atoms with Crippen LogP contribution in [0.25, 0.3) is 0 Å². The van der Waals surface area contributed by atoms with Crippen molar-refractivity contribution in [1.82, 2.24) is 30.3 Å². The van der Waals surface area contributed by atoms with E-state index in [9.17, 15) is 4.79 Å². The number of fused-ring (bicyclic) bond motifs is 2. The molecule has 1 amide bonds. The number of amides is 1. The zero-order chi connectivity index (χ0) is 18.9. The molecule has 3 aromatic rings. The molecule has 1 aliphatic heterocycles. The molecule has 2 aromatic heterocycles. The van der Waals surface area contributed by atoms with E-state index in [1.807, 2.05) is 18.2 Å². The van der Waals surface area contributed by atoms with Crippen LogP contribution in [0.3, 0.4) is 0 Å². The number of nitrogens with one attached hydrogen (secondary N) is 2. The largest absolute Gasteiger partial charge is 0.348 e. The first-order valence-electron chi connectivity index (χ1n) is 10.1. The van der Waals surface area contributed by atoms with E-state index in [-0.39, 0.29) is 11.9 Å². The third-order valence-corrected chi connectivity index (χ3v) is 5.88. The number of carbonyl (C=O) groups excluding carboxylic acids is 1. The quantitative estimate of drug-likeness (QED) is 0.731. The van der Waals surface area contributed by atoms with Crippen molar-refractivity contribution in [2.75, 3.05) is 0 Å². The van der Waals surface area contributed by atoms with Gasteiger partial charge in [0, 0.05) is 36.7 Å². The second-order valence-electron chi connectivity index (χ2n) is 7.73. The lowest BCUT2D eigenvalue weighted by Gasteiger charge is -2.16.